The van der Waals surface area contributed by atoms with Crippen molar-refractivity contribution in [1.29, 1.82) is 0 Å². The SMILES string of the molecule is Cc1c(N)cc(Br)cc1C(=O)NC1CCC1. The van der Waals surface area contributed by atoms with E-state index < -0.39 is 0 Å². The molecule has 2 rings (SSSR count). The van der Waals surface area contributed by atoms with Crippen molar-refractivity contribution in [2.24, 2.45) is 0 Å². The minimum atomic E-state index is -0.0183. The largest absolute Gasteiger partial charge is 0.398 e. The molecule has 1 aromatic rings. The number of anilines is 1. The van der Waals surface area contributed by atoms with Crippen LogP contribution in [0.5, 0.6) is 0 Å². The fourth-order valence-electron chi connectivity index (χ4n) is 1.75. The molecule has 0 spiro atoms. The Labute approximate surface area is 104 Å². The number of nitrogen functional groups attached to an aromatic ring is 1. The Balaban J connectivity index is 2.21. The molecule has 1 aliphatic rings. The fraction of sp³-hybridized carbons (Fsp3) is 0.417. The standard InChI is InChI=1S/C12H15BrN2O/c1-7-10(5-8(13)6-11(7)14)12(16)15-9-3-2-4-9/h5-6,9H,2-4,14H2,1H3,(H,15,16). The third kappa shape index (κ3) is 2.21. The van der Waals surface area contributed by atoms with Crippen LogP contribution in [-0.2, 0) is 0 Å². The highest BCUT2D eigenvalue weighted by Crippen LogP contribution is 2.24. The predicted molar refractivity (Wildman–Crippen MR) is 68.4 cm³/mol. The van der Waals surface area contributed by atoms with Gasteiger partial charge < -0.3 is 11.1 Å². The van der Waals surface area contributed by atoms with Crippen molar-refractivity contribution < 1.29 is 4.79 Å². The van der Waals surface area contributed by atoms with E-state index in [2.05, 4.69) is 21.2 Å². The average molecular weight is 283 g/mol. The van der Waals surface area contributed by atoms with Crippen LogP contribution in [0.2, 0.25) is 0 Å². The lowest BCUT2D eigenvalue weighted by atomic mass is 9.92. The van der Waals surface area contributed by atoms with E-state index in [0.717, 1.165) is 22.9 Å². The van der Waals surface area contributed by atoms with E-state index in [1.165, 1.54) is 6.42 Å². The summed E-state index contributed by atoms with van der Waals surface area (Å²) in [6.45, 7) is 1.87. The van der Waals surface area contributed by atoms with Gasteiger partial charge in [0.2, 0.25) is 0 Å². The molecule has 3 N–H and O–H groups in total. The van der Waals surface area contributed by atoms with Crippen LogP contribution < -0.4 is 11.1 Å². The molecule has 1 aliphatic carbocycles. The van der Waals surface area contributed by atoms with E-state index in [1.54, 1.807) is 0 Å². The van der Waals surface area contributed by atoms with Gasteiger partial charge in [-0.25, -0.2) is 0 Å². The topological polar surface area (TPSA) is 55.1 Å². The summed E-state index contributed by atoms with van der Waals surface area (Å²) in [5.74, 6) is -0.0183. The van der Waals surface area contributed by atoms with Crippen molar-refractivity contribution in [2.75, 3.05) is 5.73 Å². The summed E-state index contributed by atoms with van der Waals surface area (Å²) in [6.07, 6.45) is 3.40. The van der Waals surface area contributed by atoms with Gasteiger partial charge in [-0.3, -0.25) is 4.79 Å². The van der Waals surface area contributed by atoms with Crippen LogP contribution in [-0.4, -0.2) is 11.9 Å². The van der Waals surface area contributed by atoms with Crippen LogP contribution in [0.25, 0.3) is 0 Å². The number of hydrogen-bond acceptors (Lipinski definition) is 2. The number of halogens is 1. The summed E-state index contributed by atoms with van der Waals surface area (Å²) in [5, 5.41) is 3.01. The number of benzene rings is 1. The molecular weight excluding hydrogens is 268 g/mol. The van der Waals surface area contributed by atoms with Gasteiger partial charge in [-0.05, 0) is 43.9 Å². The normalized spacial score (nSPS) is 15.6. The Kier molecular flexibility index (Phi) is 3.19. The Hall–Kier alpha value is -1.03. The van der Waals surface area contributed by atoms with Gasteiger partial charge in [0.05, 0.1) is 0 Å². The molecular formula is C12H15BrN2O. The van der Waals surface area contributed by atoms with Gasteiger partial charge >= 0.3 is 0 Å². The van der Waals surface area contributed by atoms with Crippen molar-refractivity contribution in [1.82, 2.24) is 5.32 Å². The first-order valence-electron chi connectivity index (χ1n) is 5.44. The molecule has 86 valence electrons. The number of carbonyl (C=O) groups excluding carboxylic acids is 1. The van der Waals surface area contributed by atoms with Crippen molar-refractivity contribution in [3.63, 3.8) is 0 Å². The molecule has 16 heavy (non-hydrogen) atoms. The van der Waals surface area contributed by atoms with E-state index in [0.29, 0.717) is 17.3 Å². The van der Waals surface area contributed by atoms with Crippen LogP contribution >= 0.6 is 15.9 Å². The first kappa shape index (κ1) is 11.5. The molecule has 0 aliphatic heterocycles. The lowest BCUT2D eigenvalue weighted by Crippen LogP contribution is -2.39. The molecule has 1 amide bonds. The molecule has 0 bridgehead atoms. The Bertz CT molecular complexity index is 427. The zero-order chi connectivity index (χ0) is 11.7. The fourth-order valence-corrected chi connectivity index (χ4v) is 2.23. The molecule has 0 aromatic heterocycles. The summed E-state index contributed by atoms with van der Waals surface area (Å²) >= 11 is 3.35. The number of rotatable bonds is 2. The molecule has 3 nitrogen and oxygen atoms in total. The summed E-state index contributed by atoms with van der Waals surface area (Å²) in [6, 6.07) is 3.99. The smallest absolute Gasteiger partial charge is 0.251 e. The second-order valence-electron chi connectivity index (χ2n) is 4.27. The highest BCUT2D eigenvalue weighted by Gasteiger charge is 2.21. The van der Waals surface area contributed by atoms with Crippen molar-refractivity contribution in [3.8, 4) is 0 Å². The summed E-state index contributed by atoms with van der Waals surface area (Å²) in [4.78, 5) is 12.0. The van der Waals surface area contributed by atoms with Gasteiger partial charge in [0.15, 0.2) is 0 Å². The monoisotopic (exact) mass is 282 g/mol. The number of nitrogens with two attached hydrogens (primary N) is 1. The molecule has 1 fully saturated rings. The van der Waals surface area contributed by atoms with Crippen molar-refractivity contribution >= 4 is 27.5 Å². The van der Waals surface area contributed by atoms with E-state index in [1.807, 2.05) is 19.1 Å². The van der Waals surface area contributed by atoms with E-state index in [-0.39, 0.29) is 5.91 Å². The molecule has 0 atom stereocenters. The quantitative estimate of drug-likeness (QED) is 0.820. The first-order valence-corrected chi connectivity index (χ1v) is 6.23. The third-order valence-corrected chi connectivity index (χ3v) is 3.56. The number of nitrogens with one attached hydrogen (secondary N) is 1. The van der Waals surface area contributed by atoms with Crippen LogP contribution in [0.15, 0.2) is 16.6 Å². The van der Waals surface area contributed by atoms with Crippen LogP contribution in [0.4, 0.5) is 5.69 Å². The van der Waals surface area contributed by atoms with Crippen LogP contribution in [0, 0.1) is 6.92 Å². The second-order valence-corrected chi connectivity index (χ2v) is 5.18. The molecule has 1 aromatic carbocycles. The minimum Gasteiger partial charge on any atom is -0.398 e. The predicted octanol–water partition coefficient (Wildman–Crippen LogP) is 2.62. The Morgan fingerprint density at radius 1 is 1.50 bits per heavy atom. The lowest BCUT2D eigenvalue weighted by Gasteiger charge is -2.26. The van der Waals surface area contributed by atoms with E-state index in [9.17, 15) is 4.79 Å². The van der Waals surface area contributed by atoms with E-state index in [4.69, 9.17) is 5.73 Å². The van der Waals surface area contributed by atoms with E-state index >= 15 is 0 Å². The molecule has 4 heteroatoms. The van der Waals surface area contributed by atoms with Gasteiger partial charge in [-0.1, -0.05) is 15.9 Å². The summed E-state index contributed by atoms with van der Waals surface area (Å²) < 4.78 is 0.842. The Morgan fingerprint density at radius 3 is 2.75 bits per heavy atom. The maximum atomic E-state index is 12.0. The number of hydrogen-bond donors (Lipinski definition) is 2. The maximum Gasteiger partial charge on any atom is 0.251 e. The molecule has 0 heterocycles. The molecule has 0 unspecified atom stereocenters. The third-order valence-electron chi connectivity index (χ3n) is 3.10. The summed E-state index contributed by atoms with van der Waals surface area (Å²) in [7, 11) is 0. The molecule has 0 saturated heterocycles. The number of amides is 1. The molecule has 0 radical (unpaired) electrons. The summed E-state index contributed by atoms with van der Waals surface area (Å²) in [5.41, 5.74) is 7.99. The first-order chi connectivity index (χ1) is 7.58. The van der Waals surface area contributed by atoms with Crippen molar-refractivity contribution in [2.45, 2.75) is 32.2 Å². The van der Waals surface area contributed by atoms with Gasteiger partial charge in [0.1, 0.15) is 0 Å². The minimum absolute atomic E-state index is 0.0183. The molecule has 1 saturated carbocycles. The highest BCUT2D eigenvalue weighted by molar-refractivity contribution is 9.10. The van der Waals surface area contributed by atoms with Crippen LogP contribution in [0.1, 0.15) is 35.2 Å². The zero-order valence-electron chi connectivity index (χ0n) is 9.22. The van der Waals surface area contributed by atoms with Gasteiger partial charge in [-0.15, -0.1) is 0 Å². The van der Waals surface area contributed by atoms with Crippen LogP contribution in [0.3, 0.4) is 0 Å². The number of carbonyl (C=O) groups is 1. The Morgan fingerprint density at radius 2 is 2.19 bits per heavy atom. The maximum absolute atomic E-state index is 12.0. The lowest BCUT2D eigenvalue weighted by molar-refractivity contribution is 0.0916. The second kappa shape index (κ2) is 4.45. The zero-order valence-corrected chi connectivity index (χ0v) is 10.8. The van der Waals surface area contributed by atoms with Gasteiger partial charge in [0.25, 0.3) is 5.91 Å². The average Bonchev–Trinajstić information content (AvgIpc) is 2.17. The van der Waals surface area contributed by atoms with Crippen molar-refractivity contribution in [3.05, 3.63) is 27.7 Å². The van der Waals surface area contributed by atoms with Gasteiger partial charge in [-0.2, -0.15) is 0 Å². The highest BCUT2D eigenvalue weighted by atomic mass is 79.9. The van der Waals surface area contributed by atoms with Gasteiger partial charge in [0, 0.05) is 21.8 Å².